The van der Waals surface area contributed by atoms with Gasteiger partial charge in [-0.2, -0.15) is 0 Å². The third-order valence-corrected chi connectivity index (χ3v) is 7.83. The third-order valence-electron chi connectivity index (χ3n) is 4.45. The van der Waals surface area contributed by atoms with Crippen molar-refractivity contribution in [2.24, 2.45) is 5.92 Å². The number of amides is 1. The first-order chi connectivity index (χ1) is 13.4. The van der Waals surface area contributed by atoms with Gasteiger partial charge in [0.15, 0.2) is 0 Å². The van der Waals surface area contributed by atoms with Crippen molar-refractivity contribution in [3.8, 4) is 0 Å². The van der Waals surface area contributed by atoms with Crippen molar-refractivity contribution in [3.63, 3.8) is 0 Å². The van der Waals surface area contributed by atoms with E-state index in [2.05, 4.69) is 4.98 Å². The van der Waals surface area contributed by atoms with Gasteiger partial charge in [-0.05, 0) is 45.6 Å². The van der Waals surface area contributed by atoms with Gasteiger partial charge < -0.3 is 9.64 Å². The summed E-state index contributed by atoms with van der Waals surface area (Å²) in [6.07, 6.45) is 0.951. The number of likely N-dealkylation sites (tertiary alicyclic amines) is 1. The predicted molar refractivity (Wildman–Crippen MR) is 109 cm³/mol. The van der Waals surface area contributed by atoms with Crippen molar-refractivity contribution in [2.75, 3.05) is 18.8 Å². The van der Waals surface area contributed by atoms with Crippen molar-refractivity contribution in [1.29, 1.82) is 0 Å². The van der Waals surface area contributed by atoms with Crippen molar-refractivity contribution in [1.82, 2.24) is 9.88 Å². The van der Waals surface area contributed by atoms with Gasteiger partial charge in [-0.1, -0.05) is 0 Å². The molecule has 158 valence electrons. The van der Waals surface area contributed by atoms with Gasteiger partial charge >= 0.3 is 6.09 Å². The molecule has 2 aromatic rings. The number of rotatable bonds is 4. The molecule has 1 aromatic carbocycles. The van der Waals surface area contributed by atoms with Crippen LogP contribution < -0.4 is 0 Å². The first-order valence-electron chi connectivity index (χ1n) is 9.20. The molecule has 1 aromatic heterocycles. The Morgan fingerprint density at radius 2 is 2.14 bits per heavy atom. The van der Waals surface area contributed by atoms with Gasteiger partial charge in [0.1, 0.15) is 5.60 Å². The molecule has 2 heterocycles. The number of aromatic nitrogens is 1. The van der Waals surface area contributed by atoms with Crippen LogP contribution in [0.1, 0.15) is 33.6 Å². The summed E-state index contributed by atoms with van der Waals surface area (Å²) < 4.78 is 31.7. The highest BCUT2D eigenvalue weighted by Crippen LogP contribution is 2.31. The summed E-state index contributed by atoms with van der Waals surface area (Å²) in [5, 5.41) is 10.9. The molecule has 0 aliphatic carbocycles. The minimum absolute atomic E-state index is 0.0533. The van der Waals surface area contributed by atoms with Crippen LogP contribution in [0.15, 0.2) is 22.5 Å². The molecule has 0 unspecified atom stereocenters. The fourth-order valence-corrected chi connectivity index (χ4v) is 6.15. The fraction of sp³-hybridized carbons (Fsp3) is 0.556. The lowest BCUT2D eigenvalue weighted by Gasteiger charge is -2.33. The maximum Gasteiger partial charge on any atom is 0.410 e. The Bertz CT molecular complexity index is 1040. The number of hydrogen-bond donors (Lipinski definition) is 0. The SMILES string of the molecule is CC(C)(C)OC(=O)N1CCC[C@@H](CS(=O)(=O)c2nc3cc([N+](=O)[O-])ccc3s2)C1. The number of ether oxygens (including phenoxy) is 1. The van der Waals surface area contributed by atoms with E-state index in [1.807, 2.05) is 0 Å². The Labute approximate surface area is 172 Å². The number of sulfone groups is 1. The molecular weight excluding hydrogens is 418 g/mol. The lowest BCUT2D eigenvalue weighted by Crippen LogP contribution is -2.44. The van der Waals surface area contributed by atoms with E-state index >= 15 is 0 Å². The second kappa shape index (κ2) is 7.86. The minimum atomic E-state index is -3.68. The van der Waals surface area contributed by atoms with Crippen molar-refractivity contribution in [2.45, 2.75) is 43.6 Å². The number of fused-ring (bicyclic) bond motifs is 1. The van der Waals surface area contributed by atoms with Gasteiger partial charge in [-0.15, -0.1) is 11.3 Å². The Morgan fingerprint density at radius 3 is 2.79 bits per heavy atom. The highest BCUT2D eigenvalue weighted by atomic mass is 32.2. The van der Waals surface area contributed by atoms with Gasteiger partial charge in [-0.25, -0.2) is 18.2 Å². The predicted octanol–water partition coefficient (Wildman–Crippen LogP) is 3.63. The summed E-state index contributed by atoms with van der Waals surface area (Å²) in [5.41, 5.74) is -0.450. The normalized spacial score (nSPS) is 18.0. The molecule has 0 N–H and O–H groups in total. The van der Waals surface area contributed by atoms with Gasteiger partial charge in [0, 0.05) is 25.2 Å². The smallest absolute Gasteiger partial charge is 0.410 e. The summed E-state index contributed by atoms with van der Waals surface area (Å²) in [6.45, 7) is 6.21. The topological polar surface area (TPSA) is 120 Å². The number of non-ortho nitro benzene ring substituents is 1. The van der Waals surface area contributed by atoms with Crippen molar-refractivity contribution >= 4 is 43.2 Å². The van der Waals surface area contributed by atoms with E-state index in [-0.39, 0.29) is 21.7 Å². The monoisotopic (exact) mass is 441 g/mol. The average Bonchev–Trinajstić information content (AvgIpc) is 3.04. The van der Waals surface area contributed by atoms with Crippen LogP contribution in [0.25, 0.3) is 10.2 Å². The molecular formula is C18H23N3O6S2. The summed E-state index contributed by atoms with van der Waals surface area (Å²) in [7, 11) is -3.68. The zero-order valence-electron chi connectivity index (χ0n) is 16.5. The molecule has 3 rings (SSSR count). The van der Waals surface area contributed by atoms with Gasteiger partial charge in [-0.3, -0.25) is 10.1 Å². The lowest BCUT2D eigenvalue weighted by molar-refractivity contribution is -0.384. The first-order valence-corrected chi connectivity index (χ1v) is 11.7. The van der Waals surface area contributed by atoms with E-state index in [9.17, 15) is 23.3 Å². The largest absolute Gasteiger partial charge is 0.444 e. The van der Waals surface area contributed by atoms with Crippen LogP contribution in [0.4, 0.5) is 10.5 Å². The molecule has 1 saturated heterocycles. The Morgan fingerprint density at radius 1 is 1.41 bits per heavy atom. The molecule has 9 nitrogen and oxygen atoms in total. The zero-order valence-corrected chi connectivity index (χ0v) is 18.1. The molecule has 0 radical (unpaired) electrons. The average molecular weight is 442 g/mol. The number of carbonyl (C=O) groups excluding carboxylic acids is 1. The molecule has 0 spiro atoms. The number of carbonyl (C=O) groups is 1. The second-order valence-electron chi connectivity index (χ2n) is 8.10. The van der Waals surface area contributed by atoms with E-state index in [1.54, 1.807) is 25.7 Å². The number of benzene rings is 1. The van der Waals surface area contributed by atoms with Gasteiger partial charge in [0.05, 0.1) is 20.9 Å². The summed E-state index contributed by atoms with van der Waals surface area (Å²) in [6, 6.07) is 4.11. The molecule has 1 amide bonds. The lowest BCUT2D eigenvalue weighted by atomic mass is 10.0. The quantitative estimate of drug-likeness (QED) is 0.525. The van der Waals surface area contributed by atoms with Crippen molar-refractivity contribution in [3.05, 3.63) is 28.3 Å². The summed E-state index contributed by atoms with van der Waals surface area (Å²) in [5.74, 6) is -0.351. The van der Waals surface area contributed by atoms with Crippen LogP contribution in [0.5, 0.6) is 0 Å². The molecule has 1 aliphatic heterocycles. The van der Waals surface area contributed by atoms with E-state index in [0.717, 1.165) is 11.3 Å². The van der Waals surface area contributed by atoms with Crippen LogP contribution in [0.3, 0.4) is 0 Å². The second-order valence-corrected chi connectivity index (χ2v) is 11.3. The number of nitro benzene ring substituents is 1. The zero-order chi connectivity index (χ0) is 21.4. The number of piperidine rings is 1. The van der Waals surface area contributed by atoms with E-state index in [0.29, 0.717) is 36.1 Å². The van der Waals surface area contributed by atoms with Crippen LogP contribution in [-0.2, 0) is 14.6 Å². The maximum absolute atomic E-state index is 12.9. The highest BCUT2D eigenvalue weighted by Gasteiger charge is 2.32. The molecule has 1 aliphatic rings. The molecule has 1 atom stereocenters. The number of nitro groups is 1. The number of thiazole rings is 1. The molecule has 11 heteroatoms. The third kappa shape index (κ3) is 5.21. The Hall–Kier alpha value is -2.27. The standard InChI is InChI=1S/C18H23N3O6S2/c1-18(2,3)27-17(22)20-8-4-5-12(10-20)11-29(25,26)16-19-14-9-13(21(23)24)6-7-15(14)28-16/h6-7,9,12H,4-5,8,10-11H2,1-3H3/t12-/m1/s1. The summed E-state index contributed by atoms with van der Waals surface area (Å²) in [4.78, 5) is 28.3. The minimum Gasteiger partial charge on any atom is -0.444 e. The fourth-order valence-electron chi connectivity index (χ4n) is 3.22. The van der Waals surface area contributed by atoms with Crippen LogP contribution in [0, 0.1) is 16.0 Å². The van der Waals surface area contributed by atoms with E-state index in [1.165, 1.54) is 18.2 Å². The molecule has 0 saturated carbocycles. The maximum atomic E-state index is 12.9. The number of nitrogens with zero attached hydrogens (tertiary/aromatic N) is 3. The van der Waals surface area contributed by atoms with Crippen LogP contribution in [-0.4, -0.2) is 53.8 Å². The van der Waals surface area contributed by atoms with Gasteiger partial charge in [0.2, 0.25) is 14.2 Å². The Kier molecular flexibility index (Phi) is 5.81. The van der Waals surface area contributed by atoms with Gasteiger partial charge in [0.25, 0.3) is 5.69 Å². The van der Waals surface area contributed by atoms with Crippen LogP contribution in [0.2, 0.25) is 0 Å². The van der Waals surface area contributed by atoms with E-state index < -0.39 is 26.5 Å². The van der Waals surface area contributed by atoms with Crippen LogP contribution >= 0.6 is 11.3 Å². The Balaban J connectivity index is 1.74. The first kappa shape index (κ1) is 21.4. The molecule has 1 fully saturated rings. The summed E-state index contributed by atoms with van der Waals surface area (Å²) >= 11 is 1.00. The highest BCUT2D eigenvalue weighted by molar-refractivity contribution is 7.93. The number of hydrogen-bond acceptors (Lipinski definition) is 8. The molecule has 0 bridgehead atoms. The van der Waals surface area contributed by atoms with Crippen molar-refractivity contribution < 1.29 is 22.9 Å². The molecule has 29 heavy (non-hydrogen) atoms. The van der Waals surface area contributed by atoms with E-state index in [4.69, 9.17) is 4.74 Å².